The van der Waals surface area contributed by atoms with E-state index in [9.17, 15) is 4.79 Å². The molecule has 0 saturated heterocycles. The number of ether oxygens (including phenoxy) is 1. The number of carbonyl (C=O) groups is 1. The Bertz CT molecular complexity index is 365. The van der Waals surface area contributed by atoms with E-state index < -0.39 is 5.97 Å². The first-order chi connectivity index (χ1) is 6.61. The lowest BCUT2D eigenvalue weighted by Crippen LogP contribution is -2.06. The maximum Gasteiger partial charge on any atom is 0.358 e. The van der Waals surface area contributed by atoms with Crippen LogP contribution in [-0.2, 0) is 0 Å². The van der Waals surface area contributed by atoms with Gasteiger partial charge in [-0.05, 0) is 12.1 Å². The summed E-state index contributed by atoms with van der Waals surface area (Å²) in [5.74, 6) is -0.874. The van der Waals surface area contributed by atoms with Crippen LogP contribution in [0.2, 0.25) is 0 Å². The molecule has 0 spiro atoms. The summed E-state index contributed by atoms with van der Waals surface area (Å²) in [5, 5.41) is 8.75. The van der Waals surface area contributed by atoms with Crippen LogP contribution in [0, 0.1) is 0 Å². The zero-order valence-electron chi connectivity index (χ0n) is 7.24. The van der Waals surface area contributed by atoms with Gasteiger partial charge in [0.05, 0.1) is 0 Å². The molecule has 0 unspecified atom stereocenters. The molecule has 5 heteroatoms. The fraction of sp³-hybridized carbons (Fsp3) is 0.111. The Morgan fingerprint density at radius 1 is 1.71 bits per heavy atom. The first-order valence-electron chi connectivity index (χ1n) is 3.75. The molecule has 4 nitrogen and oxygen atoms in total. The molecule has 0 atom stereocenters. The first kappa shape index (κ1) is 10.7. The molecule has 0 aromatic carbocycles. The Balaban J connectivity index is 2.84. The Labute approximate surface area is 89.4 Å². The van der Waals surface area contributed by atoms with Crippen LogP contribution < -0.4 is 4.74 Å². The summed E-state index contributed by atoms with van der Waals surface area (Å²) in [4.78, 5) is 14.4. The van der Waals surface area contributed by atoms with Crippen molar-refractivity contribution in [3.63, 3.8) is 0 Å². The molecule has 1 N–H and O–H groups in total. The highest BCUT2D eigenvalue weighted by atomic mass is 79.9. The van der Waals surface area contributed by atoms with Gasteiger partial charge in [0.15, 0.2) is 11.4 Å². The van der Waals surface area contributed by atoms with Crippen LogP contribution in [0.25, 0.3) is 0 Å². The molecule has 0 radical (unpaired) electrons. The van der Waals surface area contributed by atoms with Crippen molar-refractivity contribution >= 4 is 21.9 Å². The molecule has 0 bridgehead atoms. The van der Waals surface area contributed by atoms with Gasteiger partial charge >= 0.3 is 5.97 Å². The molecule has 0 aliphatic rings. The van der Waals surface area contributed by atoms with Crippen molar-refractivity contribution in [1.29, 1.82) is 0 Å². The minimum Gasteiger partial charge on any atom is -0.486 e. The minimum absolute atomic E-state index is 0.0961. The number of hydrogen-bond donors (Lipinski definition) is 1. The highest BCUT2D eigenvalue weighted by Gasteiger charge is 2.11. The van der Waals surface area contributed by atoms with E-state index in [2.05, 4.69) is 27.5 Å². The van der Waals surface area contributed by atoms with Crippen molar-refractivity contribution in [2.75, 3.05) is 6.61 Å². The molecule has 0 aliphatic carbocycles. The molecule has 1 heterocycles. The summed E-state index contributed by atoms with van der Waals surface area (Å²) in [5.41, 5.74) is -0.0961. The van der Waals surface area contributed by atoms with Crippen molar-refractivity contribution in [2.45, 2.75) is 0 Å². The highest BCUT2D eigenvalue weighted by Crippen LogP contribution is 2.16. The third kappa shape index (κ3) is 2.85. The van der Waals surface area contributed by atoms with E-state index in [-0.39, 0.29) is 18.1 Å². The molecule has 0 aliphatic heterocycles. The van der Waals surface area contributed by atoms with Gasteiger partial charge in [-0.3, -0.25) is 0 Å². The summed E-state index contributed by atoms with van der Waals surface area (Å²) in [6.07, 6.45) is 1.40. The van der Waals surface area contributed by atoms with Gasteiger partial charge in [-0.15, -0.1) is 0 Å². The van der Waals surface area contributed by atoms with Crippen molar-refractivity contribution in [3.8, 4) is 5.75 Å². The molecule has 0 saturated carbocycles. The van der Waals surface area contributed by atoms with Gasteiger partial charge in [0.2, 0.25) is 0 Å². The van der Waals surface area contributed by atoms with Crippen molar-refractivity contribution in [2.24, 2.45) is 0 Å². The second-order valence-corrected chi connectivity index (χ2v) is 3.58. The predicted octanol–water partition coefficient (Wildman–Crippen LogP) is 2.07. The number of aromatic carboxylic acids is 1. The second-order valence-electron chi connectivity index (χ2n) is 2.46. The van der Waals surface area contributed by atoms with Crippen LogP contribution in [0.15, 0.2) is 29.4 Å². The number of pyridine rings is 1. The smallest absolute Gasteiger partial charge is 0.358 e. The van der Waals surface area contributed by atoms with Gasteiger partial charge in [0, 0.05) is 10.7 Å². The standard InChI is InChI=1S/C9H8BrNO3/c1-6(10)5-14-7-3-2-4-11-8(7)9(12)13/h2-4H,1,5H2,(H,12,13). The second kappa shape index (κ2) is 4.76. The molecule has 0 amide bonds. The zero-order chi connectivity index (χ0) is 10.6. The number of rotatable bonds is 4. The molecular weight excluding hydrogens is 250 g/mol. The zero-order valence-corrected chi connectivity index (χ0v) is 8.82. The number of carboxylic acid groups (broad SMARTS) is 1. The molecule has 14 heavy (non-hydrogen) atoms. The summed E-state index contributed by atoms with van der Waals surface area (Å²) >= 11 is 3.11. The van der Waals surface area contributed by atoms with E-state index >= 15 is 0 Å². The maximum absolute atomic E-state index is 10.7. The SMILES string of the molecule is C=C(Br)COc1cccnc1C(=O)O. The maximum atomic E-state index is 10.7. The largest absolute Gasteiger partial charge is 0.486 e. The predicted molar refractivity (Wildman–Crippen MR) is 54.8 cm³/mol. The van der Waals surface area contributed by atoms with Crippen LogP contribution in [0.1, 0.15) is 10.5 Å². The van der Waals surface area contributed by atoms with Gasteiger partial charge in [-0.25, -0.2) is 9.78 Å². The average Bonchev–Trinajstić information content (AvgIpc) is 2.15. The molecule has 0 fully saturated rings. The third-order valence-corrected chi connectivity index (χ3v) is 1.59. The lowest BCUT2D eigenvalue weighted by Gasteiger charge is -2.06. The molecule has 74 valence electrons. The van der Waals surface area contributed by atoms with E-state index in [0.717, 1.165) is 0 Å². The Hall–Kier alpha value is -1.36. The monoisotopic (exact) mass is 257 g/mol. The highest BCUT2D eigenvalue weighted by molar-refractivity contribution is 9.11. The van der Waals surface area contributed by atoms with Crippen LogP contribution in [-0.4, -0.2) is 22.7 Å². The van der Waals surface area contributed by atoms with Gasteiger partial charge < -0.3 is 9.84 Å². The first-order valence-corrected chi connectivity index (χ1v) is 4.55. The Morgan fingerprint density at radius 3 is 3.00 bits per heavy atom. The average molecular weight is 258 g/mol. The van der Waals surface area contributed by atoms with E-state index in [1.165, 1.54) is 6.20 Å². The Morgan fingerprint density at radius 2 is 2.43 bits per heavy atom. The third-order valence-electron chi connectivity index (χ3n) is 1.36. The molecule has 1 rings (SSSR count). The van der Waals surface area contributed by atoms with E-state index in [1.807, 2.05) is 0 Å². The summed E-state index contributed by atoms with van der Waals surface area (Å²) in [6.45, 7) is 3.78. The fourth-order valence-corrected chi connectivity index (χ4v) is 0.938. The number of hydrogen-bond acceptors (Lipinski definition) is 3. The van der Waals surface area contributed by atoms with Crippen molar-refractivity contribution < 1.29 is 14.6 Å². The van der Waals surface area contributed by atoms with E-state index in [0.29, 0.717) is 4.48 Å². The topological polar surface area (TPSA) is 59.4 Å². The van der Waals surface area contributed by atoms with Gasteiger partial charge in [0.1, 0.15) is 6.61 Å². The lowest BCUT2D eigenvalue weighted by molar-refractivity contribution is 0.0686. The molecule has 1 aromatic rings. The summed E-state index contributed by atoms with van der Waals surface area (Å²) in [7, 11) is 0. The number of halogens is 1. The quantitative estimate of drug-likeness (QED) is 0.897. The van der Waals surface area contributed by atoms with Crippen LogP contribution in [0.3, 0.4) is 0 Å². The van der Waals surface area contributed by atoms with Crippen LogP contribution in [0.4, 0.5) is 0 Å². The fourth-order valence-electron chi connectivity index (χ4n) is 0.824. The van der Waals surface area contributed by atoms with Gasteiger partial charge in [0.25, 0.3) is 0 Å². The summed E-state index contributed by atoms with van der Waals surface area (Å²) < 4.78 is 5.81. The minimum atomic E-state index is -1.11. The molecule has 1 aromatic heterocycles. The normalized spacial score (nSPS) is 9.50. The number of nitrogens with zero attached hydrogens (tertiary/aromatic N) is 1. The van der Waals surface area contributed by atoms with Gasteiger partial charge in [-0.1, -0.05) is 22.5 Å². The van der Waals surface area contributed by atoms with Crippen LogP contribution >= 0.6 is 15.9 Å². The van der Waals surface area contributed by atoms with E-state index in [1.54, 1.807) is 12.1 Å². The number of carboxylic acids is 1. The Kier molecular flexibility index (Phi) is 3.64. The van der Waals surface area contributed by atoms with Gasteiger partial charge in [-0.2, -0.15) is 0 Å². The van der Waals surface area contributed by atoms with E-state index in [4.69, 9.17) is 9.84 Å². The molecular formula is C9H8BrNO3. The van der Waals surface area contributed by atoms with Crippen molar-refractivity contribution in [1.82, 2.24) is 4.98 Å². The van der Waals surface area contributed by atoms with Crippen LogP contribution in [0.5, 0.6) is 5.75 Å². The summed E-state index contributed by atoms with van der Waals surface area (Å²) in [6, 6.07) is 3.16. The van der Waals surface area contributed by atoms with Crippen molar-refractivity contribution in [3.05, 3.63) is 35.1 Å². The number of aromatic nitrogens is 1. The lowest BCUT2D eigenvalue weighted by atomic mass is 10.3.